The van der Waals surface area contributed by atoms with Gasteiger partial charge in [0.15, 0.2) is 0 Å². The van der Waals surface area contributed by atoms with Crippen molar-refractivity contribution < 1.29 is 34.4 Å². The normalized spacial score (nSPS) is 29.8. The summed E-state index contributed by atoms with van der Waals surface area (Å²) >= 11 is 0. The van der Waals surface area contributed by atoms with Gasteiger partial charge in [-0.3, -0.25) is 0 Å². The molecule has 4 fully saturated rings. The molecule has 2 heterocycles. The SMILES string of the molecule is C1CO1.CC1CO1.O=C=NC1CCC(CC2CCC(N=C=O)CC2)CC1.OCC(O)CO. The number of epoxide rings is 2. The van der Waals surface area contributed by atoms with E-state index in [0.29, 0.717) is 6.10 Å². The number of hydrogen-bond donors (Lipinski definition) is 3. The summed E-state index contributed by atoms with van der Waals surface area (Å²) in [5.74, 6) is 1.60. The Labute approximate surface area is 190 Å². The number of aliphatic imine (C=N–C) groups is 2. The van der Waals surface area contributed by atoms with Gasteiger partial charge in [-0.15, -0.1) is 0 Å². The molecule has 0 radical (unpaired) electrons. The van der Waals surface area contributed by atoms with E-state index in [1.165, 1.54) is 32.1 Å². The molecule has 2 aliphatic heterocycles. The second kappa shape index (κ2) is 18.0. The molecule has 2 saturated heterocycles. The molecule has 1 atom stereocenters. The van der Waals surface area contributed by atoms with Crippen molar-refractivity contribution >= 4 is 12.2 Å². The van der Waals surface area contributed by atoms with Crippen LogP contribution < -0.4 is 0 Å². The topological polar surface area (TPSA) is 145 Å². The van der Waals surface area contributed by atoms with Crippen LogP contribution in [0.5, 0.6) is 0 Å². The zero-order chi connectivity index (χ0) is 23.6. The quantitative estimate of drug-likeness (QED) is 0.314. The lowest BCUT2D eigenvalue weighted by Gasteiger charge is -2.31. The Bertz CT molecular complexity index is 514. The molecule has 4 aliphatic rings. The van der Waals surface area contributed by atoms with E-state index < -0.39 is 6.10 Å². The molecule has 0 amide bonds. The molecule has 0 bridgehead atoms. The van der Waals surface area contributed by atoms with Gasteiger partial charge >= 0.3 is 0 Å². The number of isocyanates is 2. The molecule has 32 heavy (non-hydrogen) atoms. The van der Waals surface area contributed by atoms with Gasteiger partial charge in [-0.05, 0) is 76.5 Å². The van der Waals surface area contributed by atoms with Crippen molar-refractivity contribution in [3.8, 4) is 0 Å². The highest BCUT2D eigenvalue weighted by atomic mass is 16.6. The van der Waals surface area contributed by atoms with Crippen LogP contribution in [-0.4, -0.2) is 84.8 Å². The first kappa shape index (κ1) is 28.6. The third-order valence-electron chi connectivity index (χ3n) is 5.90. The van der Waals surface area contributed by atoms with Crippen LogP contribution in [0.25, 0.3) is 0 Å². The average molecular weight is 457 g/mol. The molecule has 1 unspecified atom stereocenters. The van der Waals surface area contributed by atoms with Crippen LogP contribution in [0.2, 0.25) is 0 Å². The number of rotatable bonds is 6. The first-order valence-electron chi connectivity index (χ1n) is 11.7. The minimum atomic E-state index is -0.954. The first-order valence-corrected chi connectivity index (χ1v) is 11.7. The predicted molar refractivity (Wildman–Crippen MR) is 119 cm³/mol. The lowest BCUT2D eigenvalue weighted by atomic mass is 9.76. The molecule has 2 saturated carbocycles. The highest BCUT2D eigenvalue weighted by molar-refractivity contribution is 5.33. The molecule has 0 aromatic rings. The van der Waals surface area contributed by atoms with Gasteiger partial charge in [0, 0.05) is 0 Å². The fraction of sp³-hybridized carbons (Fsp3) is 0.913. The summed E-state index contributed by atoms with van der Waals surface area (Å²) in [6, 6.07) is 0.456. The summed E-state index contributed by atoms with van der Waals surface area (Å²) in [5, 5.41) is 24.0. The molecule has 9 nitrogen and oxygen atoms in total. The van der Waals surface area contributed by atoms with Crippen molar-refractivity contribution in [2.24, 2.45) is 21.8 Å². The lowest BCUT2D eigenvalue weighted by Crippen LogP contribution is -2.23. The zero-order valence-corrected chi connectivity index (χ0v) is 19.2. The number of carbonyl (C=O) groups excluding carboxylic acids is 2. The Kier molecular flexibility index (Phi) is 16.1. The number of aliphatic hydroxyl groups is 3. The summed E-state index contributed by atoms with van der Waals surface area (Å²) in [5.41, 5.74) is 0. The standard InChI is InChI=1S/C15H22N2O2.C3H8O3.C3H6O.C2H4O/c18-10-16-14-5-1-12(2-6-14)9-13-3-7-15(8-4-13)17-11-19;4-1-3(6)2-5;1-3-2-4-3;1-2-3-1/h12-15H,1-9H2;3-6H,1-2H2;3H,2H2,1H3;1-2H2. The molecule has 0 aromatic heterocycles. The third-order valence-corrected chi connectivity index (χ3v) is 5.90. The van der Waals surface area contributed by atoms with E-state index >= 15 is 0 Å². The number of aliphatic hydroxyl groups excluding tert-OH is 3. The molecule has 184 valence electrons. The van der Waals surface area contributed by atoms with Crippen LogP contribution in [0.15, 0.2) is 9.98 Å². The smallest absolute Gasteiger partial charge is 0.235 e. The Morgan fingerprint density at radius 1 is 0.844 bits per heavy atom. The van der Waals surface area contributed by atoms with E-state index in [-0.39, 0.29) is 25.3 Å². The summed E-state index contributed by atoms with van der Waals surface area (Å²) in [6.07, 6.45) is 13.3. The Balaban J connectivity index is 0.000000316. The van der Waals surface area contributed by atoms with Gasteiger partial charge in [-0.1, -0.05) is 0 Å². The summed E-state index contributed by atoms with van der Waals surface area (Å²) in [7, 11) is 0. The van der Waals surface area contributed by atoms with E-state index in [0.717, 1.165) is 57.3 Å². The van der Waals surface area contributed by atoms with Crippen LogP contribution >= 0.6 is 0 Å². The average Bonchev–Trinajstić information content (AvgIpc) is 3.73. The highest BCUT2D eigenvalue weighted by Crippen LogP contribution is 2.36. The summed E-state index contributed by atoms with van der Waals surface area (Å²) in [4.78, 5) is 28.1. The maximum atomic E-state index is 10.2. The molecule has 0 aromatic carbocycles. The Hall–Kier alpha value is -1.44. The fourth-order valence-corrected chi connectivity index (χ4v) is 3.79. The van der Waals surface area contributed by atoms with Crippen LogP contribution in [0.1, 0.15) is 64.7 Å². The second-order valence-electron chi connectivity index (χ2n) is 8.80. The summed E-state index contributed by atoms with van der Waals surface area (Å²) < 4.78 is 9.21. The van der Waals surface area contributed by atoms with Crippen LogP contribution in [0.4, 0.5) is 0 Å². The molecular formula is C23H40N2O7. The van der Waals surface area contributed by atoms with Crippen LogP contribution in [-0.2, 0) is 19.1 Å². The molecular weight excluding hydrogens is 416 g/mol. The maximum Gasteiger partial charge on any atom is 0.235 e. The minimum absolute atomic E-state index is 0.228. The number of nitrogens with zero attached hydrogens (tertiary/aromatic N) is 2. The lowest BCUT2D eigenvalue weighted by molar-refractivity contribution is 0.0450. The van der Waals surface area contributed by atoms with Gasteiger partial charge in [0.1, 0.15) is 6.10 Å². The Morgan fingerprint density at radius 3 is 1.38 bits per heavy atom. The van der Waals surface area contributed by atoms with Gasteiger partial charge in [-0.2, -0.15) is 0 Å². The van der Waals surface area contributed by atoms with Crippen molar-refractivity contribution in [3.05, 3.63) is 0 Å². The summed E-state index contributed by atoms with van der Waals surface area (Å²) in [6.45, 7) is 4.31. The molecule has 4 rings (SSSR count). The first-order chi connectivity index (χ1) is 15.5. The van der Waals surface area contributed by atoms with Crippen LogP contribution in [0.3, 0.4) is 0 Å². The third kappa shape index (κ3) is 16.2. The maximum absolute atomic E-state index is 10.2. The largest absolute Gasteiger partial charge is 0.394 e. The zero-order valence-electron chi connectivity index (χ0n) is 19.2. The fourth-order valence-electron chi connectivity index (χ4n) is 3.79. The van der Waals surface area contributed by atoms with Crippen molar-refractivity contribution in [2.45, 2.75) is 89.0 Å². The van der Waals surface area contributed by atoms with Gasteiger partial charge < -0.3 is 24.8 Å². The van der Waals surface area contributed by atoms with E-state index in [1.54, 1.807) is 12.2 Å². The minimum Gasteiger partial charge on any atom is -0.394 e. The molecule has 2 aliphatic carbocycles. The van der Waals surface area contributed by atoms with E-state index in [9.17, 15) is 9.59 Å². The van der Waals surface area contributed by atoms with E-state index in [2.05, 4.69) is 21.6 Å². The van der Waals surface area contributed by atoms with E-state index in [1.807, 2.05) is 0 Å². The van der Waals surface area contributed by atoms with Crippen LogP contribution in [0, 0.1) is 11.8 Å². The second-order valence-corrected chi connectivity index (χ2v) is 8.80. The van der Waals surface area contributed by atoms with Crippen molar-refractivity contribution in [2.75, 3.05) is 33.0 Å². The Morgan fingerprint density at radius 2 is 1.19 bits per heavy atom. The predicted octanol–water partition coefficient (Wildman–Crippen LogP) is 1.92. The molecule has 9 heteroatoms. The molecule has 3 N–H and O–H groups in total. The highest BCUT2D eigenvalue weighted by Gasteiger charge is 2.26. The molecule has 0 spiro atoms. The monoisotopic (exact) mass is 456 g/mol. The number of ether oxygens (including phenoxy) is 2. The van der Waals surface area contributed by atoms with E-state index in [4.69, 9.17) is 20.1 Å². The number of hydrogen-bond acceptors (Lipinski definition) is 9. The van der Waals surface area contributed by atoms with Gasteiger partial charge in [0.05, 0.1) is 51.2 Å². The van der Waals surface area contributed by atoms with Gasteiger partial charge in [0.25, 0.3) is 0 Å². The van der Waals surface area contributed by atoms with Gasteiger partial charge in [-0.25, -0.2) is 19.6 Å². The van der Waals surface area contributed by atoms with Gasteiger partial charge in [0.2, 0.25) is 12.2 Å². The van der Waals surface area contributed by atoms with Crippen molar-refractivity contribution in [3.63, 3.8) is 0 Å². The van der Waals surface area contributed by atoms with Crippen molar-refractivity contribution in [1.29, 1.82) is 0 Å². The van der Waals surface area contributed by atoms with Crippen molar-refractivity contribution in [1.82, 2.24) is 0 Å².